The summed E-state index contributed by atoms with van der Waals surface area (Å²) in [5.74, 6) is 0.408. The second-order valence-electron chi connectivity index (χ2n) is 6.09. The second-order valence-corrected chi connectivity index (χ2v) is 7.77. The van der Waals surface area contributed by atoms with Crippen molar-refractivity contribution in [1.82, 2.24) is 10.0 Å². The monoisotopic (exact) mass is 405 g/mol. The summed E-state index contributed by atoms with van der Waals surface area (Å²) in [5, 5.41) is 5.14. The predicted octanol–water partition coefficient (Wildman–Crippen LogP) is 2.41. The fraction of sp³-hybridized carbons (Fsp3) is 0.263. The van der Waals surface area contributed by atoms with E-state index in [1.807, 2.05) is 11.6 Å². The van der Waals surface area contributed by atoms with Crippen LogP contribution in [0.15, 0.2) is 53.4 Å². The van der Waals surface area contributed by atoms with Gasteiger partial charge in [0, 0.05) is 25.2 Å². The average molecular weight is 405 g/mol. The lowest BCUT2D eigenvalue weighted by Crippen LogP contribution is -2.40. The van der Waals surface area contributed by atoms with E-state index in [1.54, 1.807) is 36.4 Å². The quantitative estimate of drug-likeness (QED) is 0.584. The van der Waals surface area contributed by atoms with E-state index in [1.165, 1.54) is 19.1 Å². The van der Waals surface area contributed by atoms with Crippen molar-refractivity contribution < 1.29 is 22.7 Å². The molecule has 0 aliphatic rings. The number of carbonyl (C=O) groups excluding carboxylic acids is 2. The highest BCUT2D eigenvalue weighted by Crippen LogP contribution is 2.17. The van der Waals surface area contributed by atoms with Crippen molar-refractivity contribution in [2.24, 2.45) is 0 Å². The molecular weight excluding hydrogens is 382 g/mol. The Bertz CT molecular complexity index is 927. The van der Waals surface area contributed by atoms with E-state index in [0.29, 0.717) is 24.5 Å². The molecule has 0 radical (unpaired) electrons. The van der Waals surface area contributed by atoms with E-state index < -0.39 is 16.1 Å². The molecule has 0 spiro atoms. The normalized spacial score (nSPS) is 10.8. The summed E-state index contributed by atoms with van der Waals surface area (Å²) in [6, 6.07) is 12.3. The van der Waals surface area contributed by atoms with Gasteiger partial charge in [-0.15, -0.1) is 0 Å². The zero-order valence-corrected chi connectivity index (χ0v) is 16.5. The largest absolute Gasteiger partial charge is 0.493 e. The lowest BCUT2D eigenvalue weighted by atomic mass is 10.2. The molecule has 0 aromatic heterocycles. The van der Waals surface area contributed by atoms with Gasteiger partial charge in [-0.1, -0.05) is 23.8 Å². The predicted molar refractivity (Wildman–Crippen MR) is 106 cm³/mol. The zero-order valence-electron chi connectivity index (χ0n) is 15.7. The van der Waals surface area contributed by atoms with Crippen molar-refractivity contribution in [2.75, 3.05) is 18.5 Å². The molecule has 150 valence electrons. The molecule has 9 heteroatoms. The average Bonchev–Trinajstić information content (AvgIpc) is 2.61. The Morgan fingerprint density at radius 3 is 2.46 bits per heavy atom. The van der Waals surface area contributed by atoms with Gasteiger partial charge in [0.2, 0.25) is 5.91 Å². The number of hydrogen-bond acceptors (Lipinski definition) is 5. The molecule has 0 saturated heterocycles. The summed E-state index contributed by atoms with van der Waals surface area (Å²) in [6.45, 7) is 3.81. The zero-order chi connectivity index (χ0) is 20.6. The molecule has 0 aliphatic carbocycles. The third-order valence-corrected chi connectivity index (χ3v) is 4.94. The number of hydrogen-bond donors (Lipinski definition) is 3. The summed E-state index contributed by atoms with van der Waals surface area (Å²) in [7, 11) is -3.90. The van der Waals surface area contributed by atoms with Gasteiger partial charge in [0.05, 0.1) is 11.5 Å². The minimum atomic E-state index is -3.90. The van der Waals surface area contributed by atoms with E-state index in [2.05, 4.69) is 10.6 Å². The maximum absolute atomic E-state index is 12.1. The summed E-state index contributed by atoms with van der Waals surface area (Å²) >= 11 is 0. The van der Waals surface area contributed by atoms with E-state index in [9.17, 15) is 18.0 Å². The van der Waals surface area contributed by atoms with Gasteiger partial charge in [0.25, 0.3) is 10.0 Å². The number of sulfonamides is 1. The Hall–Kier alpha value is -3.07. The molecule has 28 heavy (non-hydrogen) atoms. The molecule has 2 aromatic rings. The van der Waals surface area contributed by atoms with E-state index in [0.717, 1.165) is 5.56 Å². The van der Waals surface area contributed by atoms with Crippen molar-refractivity contribution in [3.63, 3.8) is 0 Å². The van der Waals surface area contributed by atoms with Crippen LogP contribution < -0.4 is 20.1 Å². The van der Waals surface area contributed by atoms with Crippen molar-refractivity contribution in [3.8, 4) is 5.75 Å². The molecule has 0 saturated carbocycles. The highest BCUT2D eigenvalue weighted by atomic mass is 32.2. The molecule has 0 bridgehead atoms. The van der Waals surface area contributed by atoms with Gasteiger partial charge in [0.1, 0.15) is 5.75 Å². The first kappa shape index (κ1) is 21.2. The van der Waals surface area contributed by atoms with Crippen LogP contribution in [0.1, 0.15) is 18.9 Å². The Balaban J connectivity index is 1.72. The first-order valence-electron chi connectivity index (χ1n) is 8.64. The molecule has 2 aromatic carbocycles. The summed E-state index contributed by atoms with van der Waals surface area (Å²) in [6.07, 6.45) is 0.475. The number of benzene rings is 2. The third kappa shape index (κ3) is 6.92. The highest BCUT2D eigenvalue weighted by molar-refractivity contribution is 7.90. The number of ether oxygens (including phenoxy) is 1. The second kappa shape index (κ2) is 9.75. The summed E-state index contributed by atoms with van der Waals surface area (Å²) in [5.41, 5.74) is 1.55. The van der Waals surface area contributed by atoms with Gasteiger partial charge in [-0.2, -0.15) is 0 Å². The van der Waals surface area contributed by atoms with Gasteiger partial charge >= 0.3 is 6.03 Å². The fourth-order valence-electron chi connectivity index (χ4n) is 2.27. The maximum atomic E-state index is 12.1. The van der Waals surface area contributed by atoms with Crippen LogP contribution in [0.3, 0.4) is 0 Å². The molecule has 3 amide bonds. The molecule has 0 unspecified atom stereocenters. The number of aryl methyl sites for hydroxylation is 1. The van der Waals surface area contributed by atoms with Gasteiger partial charge in [-0.25, -0.2) is 17.9 Å². The van der Waals surface area contributed by atoms with Crippen molar-refractivity contribution in [3.05, 3.63) is 54.1 Å². The van der Waals surface area contributed by atoms with Crippen LogP contribution in [0.5, 0.6) is 5.75 Å². The summed E-state index contributed by atoms with van der Waals surface area (Å²) in [4.78, 5) is 22.9. The first-order chi connectivity index (χ1) is 13.3. The lowest BCUT2D eigenvalue weighted by molar-refractivity contribution is -0.114. The van der Waals surface area contributed by atoms with Crippen molar-refractivity contribution in [1.29, 1.82) is 0 Å². The SMILES string of the molecule is CC(=O)Nc1cccc(OCCCNC(=O)NS(=O)(=O)c2ccc(C)cc2)c1. The molecule has 0 atom stereocenters. The standard InChI is InChI=1S/C19H23N3O5S/c1-14-7-9-18(10-8-14)28(25,26)22-19(24)20-11-4-12-27-17-6-3-5-16(13-17)21-15(2)23/h3,5-10,13H,4,11-12H2,1-2H3,(H,21,23)(H2,20,22,24). The minimum absolute atomic E-state index is 0.0237. The van der Waals surface area contributed by atoms with Gasteiger partial charge < -0.3 is 15.4 Å². The molecule has 8 nitrogen and oxygen atoms in total. The number of anilines is 1. The third-order valence-electron chi connectivity index (χ3n) is 3.59. The minimum Gasteiger partial charge on any atom is -0.493 e. The van der Waals surface area contributed by atoms with Crippen LogP contribution in [0.4, 0.5) is 10.5 Å². The van der Waals surface area contributed by atoms with Crippen LogP contribution in [0.2, 0.25) is 0 Å². The number of carbonyl (C=O) groups is 2. The number of amides is 3. The Morgan fingerprint density at radius 2 is 1.79 bits per heavy atom. The first-order valence-corrected chi connectivity index (χ1v) is 10.1. The number of nitrogens with one attached hydrogen (secondary N) is 3. The summed E-state index contributed by atoms with van der Waals surface area (Å²) < 4.78 is 31.7. The Kier molecular flexibility index (Phi) is 7.39. The van der Waals surface area contributed by atoms with E-state index in [4.69, 9.17) is 4.74 Å². The molecule has 0 fully saturated rings. The topological polar surface area (TPSA) is 114 Å². The van der Waals surface area contributed by atoms with Gasteiger partial charge in [-0.05, 0) is 37.6 Å². The van der Waals surface area contributed by atoms with Crippen LogP contribution in [-0.4, -0.2) is 33.5 Å². The van der Waals surface area contributed by atoms with Crippen molar-refractivity contribution >= 4 is 27.6 Å². The molecule has 0 heterocycles. The van der Waals surface area contributed by atoms with Crippen molar-refractivity contribution in [2.45, 2.75) is 25.2 Å². The number of urea groups is 1. The highest BCUT2D eigenvalue weighted by Gasteiger charge is 2.16. The smallest absolute Gasteiger partial charge is 0.328 e. The number of rotatable bonds is 8. The molecular formula is C19H23N3O5S. The van der Waals surface area contributed by atoms with Crippen LogP contribution in [0.25, 0.3) is 0 Å². The van der Waals surface area contributed by atoms with Crippen LogP contribution in [-0.2, 0) is 14.8 Å². The Morgan fingerprint density at radius 1 is 1.07 bits per heavy atom. The van der Waals surface area contributed by atoms with Crippen LogP contribution >= 0.6 is 0 Å². The van der Waals surface area contributed by atoms with Gasteiger partial charge in [-0.3, -0.25) is 4.79 Å². The molecule has 0 aliphatic heterocycles. The van der Waals surface area contributed by atoms with E-state index >= 15 is 0 Å². The molecule has 2 rings (SSSR count). The lowest BCUT2D eigenvalue weighted by Gasteiger charge is -2.10. The fourth-order valence-corrected chi connectivity index (χ4v) is 3.19. The maximum Gasteiger partial charge on any atom is 0.328 e. The van der Waals surface area contributed by atoms with Crippen LogP contribution in [0, 0.1) is 6.92 Å². The van der Waals surface area contributed by atoms with E-state index in [-0.39, 0.29) is 17.3 Å². The van der Waals surface area contributed by atoms with Gasteiger partial charge in [0.15, 0.2) is 0 Å². The molecule has 3 N–H and O–H groups in total. The Labute approximate surface area is 164 Å².